The Labute approximate surface area is 141 Å². The lowest BCUT2D eigenvalue weighted by Crippen LogP contribution is -2.13. The molecule has 1 aromatic carbocycles. The fraction of sp³-hybridized carbons (Fsp3) is 0.333. The molecule has 0 bridgehead atoms. The van der Waals surface area contributed by atoms with Crippen LogP contribution in [0.25, 0.3) is 0 Å². The smallest absolute Gasteiger partial charge is 0.423 e. The van der Waals surface area contributed by atoms with Crippen molar-refractivity contribution in [1.82, 2.24) is 9.97 Å². The zero-order valence-electron chi connectivity index (χ0n) is 13.2. The number of anilines is 2. The Bertz CT molecular complexity index is 753. The summed E-state index contributed by atoms with van der Waals surface area (Å²) in [5.41, 5.74) is -1.29. The van der Waals surface area contributed by atoms with Crippen LogP contribution in [-0.2, 0) is 6.18 Å². The maximum Gasteiger partial charge on any atom is 0.423 e. The molecule has 134 valence electrons. The molecule has 0 aliphatic heterocycles. The highest BCUT2D eigenvalue weighted by molar-refractivity contribution is 5.66. The average molecular weight is 356 g/mol. The van der Waals surface area contributed by atoms with Gasteiger partial charge < -0.3 is 10.1 Å². The highest BCUT2D eigenvalue weighted by Crippen LogP contribution is 2.35. The molecule has 0 saturated heterocycles. The number of ether oxygens (including phenoxy) is 1. The molecular weight excluding hydrogens is 341 g/mol. The first-order valence-corrected chi connectivity index (χ1v) is 7.40. The normalized spacial score (nSPS) is 11.2. The first-order valence-electron chi connectivity index (χ1n) is 7.40. The SMILES string of the molecule is CCCCOc1nc(Nc2ccccc2[N+](=O)[O-])ncc1C(F)(F)F. The van der Waals surface area contributed by atoms with Crippen molar-refractivity contribution in [2.24, 2.45) is 0 Å². The second kappa shape index (κ2) is 7.77. The molecular formula is C15H15F3N4O3. The molecule has 1 N–H and O–H groups in total. The largest absolute Gasteiger partial charge is 0.477 e. The number of halogens is 3. The van der Waals surface area contributed by atoms with E-state index >= 15 is 0 Å². The number of hydrogen-bond donors (Lipinski definition) is 1. The van der Waals surface area contributed by atoms with E-state index in [-0.39, 0.29) is 23.9 Å². The van der Waals surface area contributed by atoms with Crippen molar-refractivity contribution in [1.29, 1.82) is 0 Å². The second-order valence-electron chi connectivity index (χ2n) is 5.01. The van der Waals surface area contributed by atoms with Crippen LogP contribution in [0.4, 0.5) is 30.5 Å². The topological polar surface area (TPSA) is 90.2 Å². The molecule has 0 spiro atoms. The number of para-hydroxylation sites is 2. The molecule has 10 heteroatoms. The van der Waals surface area contributed by atoms with Gasteiger partial charge in [-0.3, -0.25) is 10.1 Å². The van der Waals surface area contributed by atoms with E-state index in [0.29, 0.717) is 12.6 Å². The number of rotatable bonds is 7. The summed E-state index contributed by atoms with van der Waals surface area (Å²) < 4.78 is 44.2. The Morgan fingerprint density at radius 3 is 2.68 bits per heavy atom. The highest BCUT2D eigenvalue weighted by Gasteiger charge is 2.36. The van der Waals surface area contributed by atoms with Crippen LogP contribution in [-0.4, -0.2) is 21.5 Å². The third-order valence-corrected chi connectivity index (χ3v) is 3.14. The summed E-state index contributed by atoms with van der Waals surface area (Å²) in [5.74, 6) is -0.842. The van der Waals surface area contributed by atoms with Gasteiger partial charge in [0.1, 0.15) is 11.3 Å². The maximum absolute atomic E-state index is 13.0. The number of benzene rings is 1. The van der Waals surface area contributed by atoms with E-state index in [1.165, 1.54) is 24.3 Å². The first kappa shape index (κ1) is 18.4. The molecule has 0 radical (unpaired) electrons. The van der Waals surface area contributed by atoms with Crippen LogP contribution < -0.4 is 10.1 Å². The molecule has 2 rings (SSSR count). The minimum Gasteiger partial charge on any atom is -0.477 e. The quantitative estimate of drug-likeness (QED) is 0.451. The third-order valence-electron chi connectivity index (χ3n) is 3.14. The van der Waals surface area contributed by atoms with Gasteiger partial charge in [-0.25, -0.2) is 4.98 Å². The van der Waals surface area contributed by atoms with Crippen LogP contribution in [0.2, 0.25) is 0 Å². The van der Waals surface area contributed by atoms with Crippen LogP contribution in [0, 0.1) is 10.1 Å². The standard InChI is InChI=1S/C15H15F3N4O3/c1-2-3-8-25-13-10(15(16,17)18)9-19-14(21-13)20-11-6-4-5-7-12(11)22(23)24/h4-7,9H,2-3,8H2,1H3,(H,19,20,21). The lowest BCUT2D eigenvalue weighted by atomic mass is 10.2. The summed E-state index contributed by atoms with van der Waals surface area (Å²) in [4.78, 5) is 17.7. The third kappa shape index (κ3) is 4.78. The van der Waals surface area contributed by atoms with Crippen LogP contribution in [0.5, 0.6) is 5.88 Å². The fourth-order valence-electron chi connectivity index (χ4n) is 1.90. The molecule has 7 nitrogen and oxygen atoms in total. The second-order valence-corrected chi connectivity index (χ2v) is 5.01. The van der Waals surface area contributed by atoms with Gasteiger partial charge in [0.05, 0.1) is 11.5 Å². The monoisotopic (exact) mass is 356 g/mol. The Kier molecular flexibility index (Phi) is 5.73. The molecule has 0 atom stereocenters. The van der Waals surface area contributed by atoms with E-state index in [1.807, 2.05) is 6.92 Å². The molecule has 0 fully saturated rings. The maximum atomic E-state index is 13.0. The molecule has 1 heterocycles. The molecule has 0 saturated carbocycles. The van der Waals surface area contributed by atoms with Gasteiger partial charge in [-0.2, -0.15) is 18.2 Å². The molecule has 0 aliphatic carbocycles. The van der Waals surface area contributed by atoms with E-state index in [4.69, 9.17) is 4.74 Å². The van der Waals surface area contributed by atoms with Crippen molar-refractivity contribution in [3.05, 3.63) is 46.1 Å². The van der Waals surface area contributed by atoms with Gasteiger partial charge in [-0.15, -0.1) is 0 Å². The van der Waals surface area contributed by atoms with E-state index in [2.05, 4.69) is 15.3 Å². The molecule has 2 aromatic rings. The van der Waals surface area contributed by atoms with Crippen molar-refractivity contribution in [2.45, 2.75) is 25.9 Å². The number of unbranched alkanes of at least 4 members (excludes halogenated alkanes) is 1. The summed E-state index contributed by atoms with van der Waals surface area (Å²) in [5, 5.41) is 13.5. The van der Waals surface area contributed by atoms with Crippen molar-refractivity contribution in [3.63, 3.8) is 0 Å². The van der Waals surface area contributed by atoms with Gasteiger partial charge in [-0.05, 0) is 12.5 Å². The Balaban J connectivity index is 2.33. The Morgan fingerprint density at radius 2 is 2.04 bits per heavy atom. The molecule has 0 aliphatic rings. The number of nitrogens with one attached hydrogen (secondary N) is 1. The van der Waals surface area contributed by atoms with E-state index in [1.54, 1.807) is 0 Å². The molecule has 25 heavy (non-hydrogen) atoms. The van der Waals surface area contributed by atoms with Crippen LogP contribution in [0.3, 0.4) is 0 Å². The van der Waals surface area contributed by atoms with Crippen LogP contribution >= 0.6 is 0 Å². The summed E-state index contributed by atoms with van der Waals surface area (Å²) in [6, 6.07) is 5.66. The first-order chi connectivity index (χ1) is 11.8. The Hall–Kier alpha value is -2.91. The van der Waals surface area contributed by atoms with Gasteiger partial charge >= 0.3 is 6.18 Å². The molecule has 0 unspecified atom stereocenters. The van der Waals surface area contributed by atoms with Gasteiger partial charge in [0.15, 0.2) is 0 Å². The minimum absolute atomic E-state index is 0.0618. The van der Waals surface area contributed by atoms with Gasteiger partial charge in [-0.1, -0.05) is 25.5 Å². The lowest BCUT2D eigenvalue weighted by Gasteiger charge is -2.14. The van der Waals surface area contributed by atoms with Crippen molar-refractivity contribution >= 4 is 17.3 Å². The van der Waals surface area contributed by atoms with Crippen molar-refractivity contribution in [2.75, 3.05) is 11.9 Å². The average Bonchev–Trinajstić information content (AvgIpc) is 2.54. The Morgan fingerprint density at radius 1 is 1.32 bits per heavy atom. The van der Waals surface area contributed by atoms with Crippen molar-refractivity contribution in [3.8, 4) is 5.88 Å². The minimum atomic E-state index is -4.67. The van der Waals surface area contributed by atoms with E-state index < -0.39 is 22.5 Å². The number of nitro groups is 1. The summed E-state index contributed by atoms with van der Waals surface area (Å²) in [6.45, 7) is 1.94. The van der Waals surface area contributed by atoms with Gasteiger partial charge in [0.25, 0.3) is 5.69 Å². The number of nitro benzene ring substituents is 1. The fourth-order valence-corrected chi connectivity index (χ4v) is 1.90. The number of nitrogens with zero attached hydrogens (tertiary/aromatic N) is 3. The zero-order chi connectivity index (χ0) is 18.4. The summed E-state index contributed by atoms with van der Waals surface area (Å²) >= 11 is 0. The highest BCUT2D eigenvalue weighted by atomic mass is 19.4. The van der Waals surface area contributed by atoms with Crippen molar-refractivity contribution < 1.29 is 22.8 Å². The van der Waals surface area contributed by atoms with E-state index in [0.717, 1.165) is 6.42 Å². The van der Waals surface area contributed by atoms with Crippen LogP contribution in [0.15, 0.2) is 30.5 Å². The number of alkyl halides is 3. The van der Waals surface area contributed by atoms with Gasteiger partial charge in [0, 0.05) is 12.3 Å². The van der Waals surface area contributed by atoms with Crippen LogP contribution in [0.1, 0.15) is 25.3 Å². The lowest BCUT2D eigenvalue weighted by molar-refractivity contribution is -0.383. The summed E-state index contributed by atoms with van der Waals surface area (Å²) in [7, 11) is 0. The predicted molar refractivity (Wildman–Crippen MR) is 83.8 cm³/mol. The predicted octanol–water partition coefficient (Wildman–Crippen LogP) is 4.33. The molecule has 1 aromatic heterocycles. The van der Waals surface area contributed by atoms with E-state index in [9.17, 15) is 23.3 Å². The number of aromatic nitrogens is 2. The molecule has 0 amide bonds. The summed E-state index contributed by atoms with van der Waals surface area (Å²) in [6.07, 6.45) is -2.77. The van der Waals surface area contributed by atoms with Gasteiger partial charge in [0.2, 0.25) is 11.8 Å². The number of hydrogen-bond acceptors (Lipinski definition) is 6. The zero-order valence-corrected chi connectivity index (χ0v) is 13.2.